The number of rotatable bonds is 3. The summed E-state index contributed by atoms with van der Waals surface area (Å²) >= 11 is 6.01. The Morgan fingerprint density at radius 1 is 1.30 bits per heavy atom. The van der Waals surface area contributed by atoms with Crippen LogP contribution < -0.4 is 0 Å². The van der Waals surface area contributed by atoms with Gasteiger partial charge in [0.05, 0.1) is 5.02 Å². The molecule has 2 aromatic heterocycles. The lowest BCUT2D eigenvalue weighted by Crippen LogP contribution is -2.02. The third kappa shape index (κ3) is 2.45. The smallest absolute Gasteiger partial charge is 0.202 e. The quantitative estimate of drug-likeness (QED) is 0.677. The molecule has 0 atom stereocenters. The van der Waals surface area contributed by atoms with Crippen molar-refractivity contribution in [2.75, 3.05) is 0 Å². The van der Waals surface area contributed by atoms with Gasteiger partial charge < -0.3 is 4.42 Å². The zero-order valence-electron chi connectivity index (χ0n) is 10.9. The molecule has 20 heavy (non-hydrogen) atoms. The van der Waals surface area contributed by atoms with Gasteiger partial charge in [-0.1, -0.05) is 23.2 Å². The molecular weight excluding hydrogens is 274 g/mol. The lowest BCUT2D eigenvalue weighted by molar-refractivity contribution is 0.0968. The molecule has 3 aromatic rings. The Hall–Kier alpha value is -2.13. The molecule has 3 nitrogen and oxygen atoms in total. The maximum atomic E-state index is 12.2. The van der Waals surface area contributed by atoms with E-state index in [1.165, 1.54) is 6.20 Å². The van der Waals surface area contributed by atoms with E-state index in [0.29, 0.717) is 10.8 Å². The van der Waals surface area contributed by atoms with Crippen LogP contribution in [-0.4, -0.2) is 10.8 Å². The average Bonchev–Trinajstić information content (AvgIpc) is 2.84. The van der Waals surface area contributed by atoms with Crippen LogP contribution in [0.15, 0.2) is 47.1 Å². The zero-order chi connectivity index (χ0) is 14.1. The van der Waals surface area contributed by atoms with Crippen LogP contribution in [0.25, 0.3) is 11.0 Å². The van der Waals surface area contributed by atoms with E-state index in [0.717, 1.165) is 22.1 Å². The Balaban J connectivity index is 1.91. The molecule has 0 saturated carbocycles. The number of hydrogen-bond acceptors (Lipinski definition) is 3. The van der Waals surface area contributed by atoms with E-state index >= 15 is 0 Å². The molecule has 100 valence electrons. The second kappa shape index (κ2) is 5.10. The molecule has 0 amide bonds. The Kier molecular flexibility index (Phi) is 3.28. The van der Waals surface area contributed by atoms with Crippen molar-refractivity contribution < 1.29 is 9.21 Å². The number of halogens is 1. The number of nitrogens with zero attached hydrogens (tertiary/aromatic N) is 1. The van der Waals surface area contributed by atoms with Gasteiger partial charge in [-0.2, -0.15) is 0 Å². The van der Waals surface area contributed by atoms with Crippen molar-refractivity contribution in [2.24, 2.45) is 0 Å². The van der Waals surface area contributed by atoms with Gasteiger partial charge in [-0.15, -0.1) is 0 Å². The molecule has 0 aliphatic heterocycles. The van der Waals surface area contributed by atoms with Gasteiger partial charge in [0.2, 0.25) is 5.78 Å². The third-order valence-electron chi connectivity index (χ3n) is 3.15. The normalized spacial score (nSPS) is 10.9. The maximum Gasteiger partial charge on any atom is 0.202 e. The summed E-state index contributed by atoms with van der Waals surface area (Å²) in [6.07, 6.45) is 3.36. The molecule has 0 bridgehead atoms. The number of pyridine rings is 1. The van der Waals surface area contributed by atoms with E-state index in [4.69, 9.17) is 16.0 Å². The fourth-order valence-corrected chi connectivity index (χ4v) is 2.29. The van der Waals surface area contributed by atoms with Gasteiger partial charge in [-0.3, -0.25) is 9.78 Å². The minimum absolute atomic E-state index is 0.0908. The number of ketones is 1. The lowest BCUT2D eigenvalue weighted by Gasteiger charge is -2.00. The predicted octanol–water partition coefficient (Wildman–Crippen LogP) is 4.22. The van der Waals surface area contributed by atoms with Gasteiger partial charge >= 0.3 is 0 Å². The number of aromatic nitrogens is 1. The molecule has 4 heteroatoms. The topological polar surface area (TPSA) is 43.1 Å². The number of fused-ring (bicyclic) bond motifs is 1. The third-order valence-corrected chi connectivity index (χ3v) is 3.49. The van der Waals surface area contributed by atoms with Gasteiger partial charge in [-0.25, -0.2) is 0 Å². The largest absolute Gasteiger partial charge is 0.453 e. The predicted molar refractivity (Wildman–Crippen MR) is 78.2 cm³/mol. The summed E-state index contributed by atoms with van der Waals surface area (Å²) in [5.74, 6) is 0.269. The van der Waals surface area contributed by atoms with Crippen molar-refractivity contribution in [1.82, 2.24) is 4.98 Å². The molecule has 2 heterocycles. The van der Waals surface area contributed by atoms with Crippen LogP contribution in [0.4, 0.5) is 0 Å². The highest BCUT2D eigenvalue weighted by Gasteiger charge is 2.14. The number of hydrogen-bond donors (Lipinski definition) is 0. The van der Waals surface area contributed by atoms with Crippen LogP contribution >= 0.6 is 11.6 Å². The minimum Gasteiger partial charge on any atom is -0.453 e. The highest BCUT2D eigenvalue weighted by atomic mass is 35.5. The van der Waals surface area contributed by atoms with E-state index in [1.807, 2.05) is 25.1 Å². The first-order chi connectivity index (χ1) is 9.63. The first-order valence-corrected chi connectivity index (χ1v) is 6.63. The van der Waals surface area contributed by atoms with Crippen LogP contribution in [0.2, 0.25) is 5.02 Å². The Morgan fingerprint density at radius 2 is 2.15 bits per heavy atom. The zero-order valence-corrected chi connectivity index (χ0v) is 11.6. The number of aryl methyl sites for hydroxylation is 1. The summed E-state index contributed by atoms with van der Waals surface area (Å²) in [5, 5.41) is 1.43. The molecule has 0 aliphatic rings. The van der Waals surface area contributed by atoms with Gasteiger partial charge in [0.15, 0.2) is 5.76 Å². The summed E-state index contributed by atoms with van der Waals surface area (Å²) in [6.45, 7) is 2.00. The van der Waals surface area contributed by atoms with E-state index in [-0.39, 0.29) is 12.2 Å². The molecule has 0 radical (unpaired) electrons. The summed E-state index contributed by atoms with van der Waals surface area (Å²) in [4.78, 5) is 16.2. The second-order valence-corrected chi connectivity index (χ2v) is 5.13. The minimum atomic E-state index is -0.0908. The van der Waals surface area contributed by atoms with E-state index < -0.39 is 0 Å². The molecule has 0 fully saturated rings. The van der Waals surface area contributed by atoms with Gasteiger partial charge in [-0.05, 0) is 36.8 Å². The first kappa shape index (κ1) is 12.9. The fourth-order valence-electron chi connectivity index (χ4n) is 2.11. The fraction of sp³-hybridized carbons (Fsp3) is 0.125. The highest BCUT2D eigenvalue weighted by Crippen LogP contribution is 2.23. The lowest BCUT2D eigenvalue weighted by atomic mass is 10.1. The van der Waals surface area contributed by atoms with Crippen molar-refractivity contribution in [3.05, 3.63) is 64.6 Å². The van der Waals surface area contributed by atoms with Crippen molar-refractivity contribution in [3.8, 4) is 0 Å². The van der Waals surface area contributed by atoms with Crippen LogP contribution in [0, 0.1) is 6.92 Å². The molecule has 0 unspecified atom stereocenters. The van der Waals surface area contributed by atoms with Gasteiger partial charge in [0.1, 0.15) is 5.58 Å². The van der Waals surface area contributed by atoms with Crippen molar-refractivity contribution in [2.45, 2.75) is 13.3 Å². The van der Waals surface area contributed by atoms with Crippen LogP contribution in [0.1, 0.15) is 21.7 Å². The SMILES string of the molecule is Cc1ccc2oc(C(=O)Cc3ccncc3Cl)cc2c1. The molecule has 0 saturated heterocycles. The van der Waals surface area contributed by atoms with Crippen molar-refractivity contribution in [3.63, 3.8) is 0 Å². The summed E-state index contributed by atoms with van der Waals surface area (Å²) in [7, 11) is 0. The Labute approximate surface area is 121 Å². The van der Waals surface area contributed by atoms with Crippen LogP contribution in [0.3, 0.4) is 0 Å². The van der Waals surface area contributed by atoms with Crippen molar-refractivity contribution >= 4 is 28.4 Å². The Morgan fingerprint density at radius 3 is 2.95 bits per heavy atom. The highest BCUT2D eigenvalue weighted by molar-refractivity contribution is 6.31. The first-order valence-electron chi connectivity index (χ1n) is 6.25. The standard InChI is InChI=1S/C16H12ClNO2/c1-10-2-3-15-12(6-10)8-16(20-15)14(19)7-11-4-5-18-9-13(11)17/h2-6,8-9H,7H2,1H3. The van der Waals surface area contributed by atoms with E-state index in [1.54, 1.807) is 18.3 Å². The average molecular weight is 286 g/mol. The number of benzene rings is 1. The van der Waals surface area contributed by atoms with Crippen molar-refractivity contribution in [1.29, 1.82) is 0 Å². The monoisotopic (exact) mass is 285 g/mol. The van der Waals surface area contributed by atoms with Crippen LogP contribution in [-0.2, 0) is 6.42 Å². The van der Waals surface area contributed by atoms with Gasteiger partial charge in [0.25, 0.3) is 0 Å². The molecule has 1 aromatic carbocycles. The summed E-state index contributed by atoms with van der Waals surface area (Å²) < 4.78 is 5.59. The van der Waals surface area contributed by atoms with Gasteiger partial charge in [0, 0.05) is 24.2 Å². The Bertz CT molecular complexity index is 792. The molecule has 0 aliphatic carbocycles. The van der Waals surface area contributed by atoms with E-state index in [2.05, 4.69) is 4.98 Å². The summed E-state index contributed by atoms with van der Waals surface area (Å²) in [5.41, 5.74) is 2.61. The van der Waals surface area contributed by atoms with E-state index in [9.17, 15) is 4.79 Å². The molecule has 3 rings (SSSR count). The number of carbonyl (C=O) groups excluding carboxylic acids is 1. The molecule has 0 spiro atoms. The number of Topliss-reactive ketones (excluding diaryl/α,β-unsaturated/α-hetero) is 1. The van der Waals surface area contributed by atoms with Crippen LogP contribution in [0.5, 0.6) is 0 Å². The molecular formula is C16H12ClNO2. The molecule has 0 N–H and O–H groups in total. The number of carbonyl (C=O) groups is 1. The number of furan rings is 1. The summed E-state index contributed by atoms with van der Waals surface area (Å²) in [6, 6.07) is 9.35. The maximum absolute atomic E-state index is 12.2. The second-order valence-electron chi connectivity index (χ2n) is 4.72.